The van der Waals surface area contributed by atoms with E-state index in [2.05, 4.69) is 55.8 Å². The summed E-state index contributed by atoms with van der Waals surface area (Å²) < 4.78 is 1.90. The summed E-state index contributed by atoms with van der Waals surface area (Å²) in [5.74, 6) is -0.504. The number of carbonyl (C=O) groups is 2. The van der Waals surface area contributed by atoms with Crippen molar-refractivity contribution >= 4 is 68.4 Å². The number of carbonyl (C=O) groups excluding carboxylic acids is 2. The summed E-state index contributed by atoms with van der Waals surface area (Å²) >= 11 is 4.33. The molecule has 2 N–H and O–H groups in total. The zero-order valence-corrected chi connectivity index (χ0v) is 17.8. The van der Waals surface area contributed by atoms with Crippen molar-refractivity contribution in [2.24, 2.45) is 0 Å². The maximum Gasteiger partial charge on any atom is 0.255 e. The van der Waals surface area contributed by atoms with Crippen LogP contribution in [-0.2, 0) is 0 Å². The van der Waals surface area contributed by atoms with E-state index in [1.807, 2.05) is 48.5 Å². The van der Waals surface area contributed by atoms with Gasteiger partial charge in [-0.25, -0.2) is 0 Å². The zero-order chi connectivity index (χ0) is 18.5. The van der Waals surface area contributed by atoms with E-state index in [0.717, 1.165) is 18.5 Å². The fourth-order valence-corrected chi connectivity index (χ4v) is 3.36. The summed E-state index contributed by atoms with van der Waals surface area (Å²) in [6.07, 6.45) is 0. The Hall–Kier alpha value is -1.94. The lowest BCUT2D eigenvalue weighted by molar-refractivity contribution is 0.102. The van der Waals surface area contributed by atoms with E-state index < -0.39 is 0 Å². The van der Waals surface area contributed by atoms with Crippen LogP contribution < -0.4 is 10.6 Å². The van der Waals surface area contributed by atoms with Gasteiger partial charge in [0.25, 0.3) is 11.8 Å². The van der Waals surface area contributed by atoms with Gasteiger partial charge < -0.3 is 10.6 Å². The van der Waals surface area contributed by atoms with Crippen LogP contribution in [0.15, 0.2) is 72.8 Å². The molecule has 3 aromatic rings. The minimum absolute atomic E-state index is 0.252. The Morgan fingerprint density at radius 2 is 1.04 bits per heavy atom. The van der Waals surface area contributed by atoms with Crippen molar-refractivity contribution in [1.29, 1.82) is 0 Å². The number of rotatable bonds is 4. The van der Waals surface area contributed by atoms with Crippen molar-refractivity contribution in [3.63, 3.8) is 0 Å². The Balaban J connectivity index is 1.77. The van der Waals surface area contributed by atoms with Crippen LogP contribution in [0.25, 0.3) is 0 Å². The van der Waals surface area contributed by atoms with Crippen molar-refractivity contribution in [1.82, 2.24) is 0 Å². The molecule has 0 aliphatic rings. The molecule has 6 heteroatoms. The van der Waals surface area contributed by atoms with Gasteiger partial charge >= 0.3 is 0 Å². The molecule has 0 aliphatic heterocycles. The molecule has 0 bridgehead atoms. The Morgan fingerprint density at radius 1 is 0.615 bits per heavy atom. The van der Waals surface area contributed by atoms with Crippen LogP contribution >= 0.6 is 45.2 Å². The molecule has 3 rings (SSSR count). The van der Waals surface area contributed by atoms with Crippen LogP contribution in [-0.4, -0.2) is 11.8 Å². The summed E-state index contributed by atoms with van der Waals surface area (Å²) in [5.41, 5.74) is 2.35. The predicted octanol–water partition coefficient (Wildman–Crippen LogP) is 5.40. The highest BCUT2D eigenvalue weighted by Crippen LogP contribution is 2.20. The summed E-state index contributed by atoms with van der Waals surface area (Å²) in [7, 11) is 0. The first-order chi connectivity index (χ1) is 12.5. The number of hydrogen-bond donors (Lipinski definition) is 2. The third-order valence-corrected chi connectivity index (χ3v) is 5.51. The third-order valence-electron chi connectivity index (χ3n) is 3.63. The second-order valence-corrected chi connectivity index (χ2v) is 7.77. The molecule has 0 aromatic heterocycles. The van der Waals surface area contributed by atoms with Crippen LogP contribution in [0, 0.1) is 7.14 Å². The van der Waals surface area contributed by atoms with Gasteiger partial charge in [-0.15, -0.1) is 0 Å². The van der Waals surface area contributed by atoms with Crippen LogP contribution in [0.5, 0.6) is 0 Å². The SMILES string of the molecule is O=C(Nc1ccccc1I)c1cccc(C(=O)Nc2ccccc2I)c1. The van der Waals surface area contributed by atoms with Crippen molar-refractivity contribution < 1.29 is 9.59 Å². The van der Waals surface area contributed by atoms with Crippen molar-refractivity contribution in [2.45, 2.75) is 0 Å². The quantitative estimate of drug-likeness (QED) is 0.415. The lowest BCUT2D eigenvalue weighted by Crippen LogP contribution is -2.16. The van der Waals surface area contributed by atoms with Crippen molar-refractivity contribution in [3.8, 4) is 0 Å². The summed E-state index contributed by atoms with van der Waals surface area (Å²) in [6, 6.07) is 21.7. The average Bonchev–Trinajstić information content (AvgIpc) is 2.65. The first-order valence-electron chi connectivity index (χ1n) is 7.76. The van der Waals surface area contributed by atoms with E-state index in [1.54, 1.807) is 24.3 Å². The molecule has 0 unspecified atom stereocenters. The van der Waals surface area contributed by atoms with Crippen LogP contribution in [0.4, 0.5) is 11.4 Å². The second-order valence-electron chi connectivity index (χ2n) is 5.45. The predicted molar refractivity (Wildman–Crippen MR) is 121 cm³/mol. The maximum atomic E-state index is 12.5. The molecule has 26 heavy (non-hydrogen) atoms. The molecule has 0 saturated carbocycles. The topological polar surface area (TPSA) is 58.2 Å². The third kappa shape index (κ3) is 4.61. The average molecular weight is 568 g/mol. The zero-order valence-electron chi connectivity index (χ0n) is 13.5. The van der Waals surface area contributed by atoms with Gasteiger partial charge in [0.15, 0.2) is 0 Å². The minimum atomic E-state index is -0.252. The monoisotopic (exact) mass is 568 g/mol. The first kappa shape index (κ1) is 18.8. The fraction of sp³-hybridized carbons (Fsp3) is 0. The minimum Gasteiger partial charge on any atom is -0.321 e. The van der Waals surface area contributed by atoms with Crippen molar-refractivity contribution in [2.75, 3.05) is 10.6 Å². The molecule has 0 atom stereocenters. The van der Waals surface area contributed by atoms with Gasteiger partial charge in [0.1, 0.15) is 0 Å². The molecule has 3 aromatic carbocycles. The second kappa shape index (κ2) is 8.63. The molecule has 0 saturated heterocycles. The van der Waals surface area contributed by atoms with Gasteiger partial charge in [-0.05, 0) is 87.6 Å². The van der Waals surface area contributed by atoms with E-state index >= 15 is 0 Å². The van der Waals surface area contributed by atoms with Crippen LogP contribution in [0.3, 0.4) is 0 Å². The van der Waals surface area contributed by atoms with E-state index in [-0.39, 0.29) is 11.8 Å². The molecular weight excluding hydrogens is 554 g/mol. The van der Waals surface area contributed by atoms with E-state index in [1.165, 1.54) is 0 Å². The summed E-state index contributed by atoms with van der Waals surface area (Å²) in [6.45, 7) is 0. The van der Waals surface area contributed by atoms with Gasteiger partial charge in [0, 0.05) is 18.3 Å². The first-order valence-corrected chi connectivity index (χ1v) is 9.92. The number of para-hydroxylation sites is 2. The Kier molecular flexibility index (Phi) is 6.25. The number of anilines is 2. The largest absolute Gasteiger partial charge is 0.321 e. The van der Waals surface area contributed by atoms with Crippen LogP contribution in [0.1, 0.15) is 20.7 Å². The van der Waals surface area contributed by atoms with E-state index in [9.17, 15) is 9.59 Å². The van der Waals surface area contributed by atoms with Gasteiger partial charge in [-0.3, -0.25) is 9.59 Å². The van der Waals surface area contributed by atoms with Gasteiger partial charge in [-0.1, -0.05) is 30.3 Å². The van der Waals surface area contributed by atoms with Gasteiger partial charge in [0.2, 0.25) is 0 Å². The Labute approximate surface area is 178 Å². The van der Waals surface area contributed by atoms with Gasteiger partial charge in [0.05, 0.1) is 11.4 Å². The fourth-order valence-electron chi connectivity index (χ4n) is 2.32. The van der Waals surface area contributed by atoms with E-state index in [0.29, 0.717) is 11.1 Å². The number of nitrogens with one attached hydrogen (secondary N) is 2. The van der Waals surface area contributed by atoms with E-state index in [4.69, 9.17) is 0 Å². The number of hydrogen-bond acceptors (Lipinski definition) is 2. The maximum absolute atomic E-state index is 12.5. The lowest BCUT2D eigenvalue weighted by Gasteiger charge is -2.10. The van der Waals surface area contributed by atoms with Gasteiger partial charge in [-0.2, -0.15) is 0 Å². The molecule has 0 aliphatic carbocycles. The number of amides is 2. The molecule has 0 spiro atoms. The molecule has 2 amide bonds. The molecular formula is C20H14I2N2O2. The standard InChI is InChI=1S/C20H14I2N2O2/c21-15-8-1-3-10-17(15)23-19(25)13-6-5-7-14(12-13)20(26)24-18-11-4-2-9-16(18)22/h1-12H,(H,23,25)(H,24,26). The molecule has 4 nitrogen and oxygen atoms in total. The Bertz CT molecular complexity index is 899. The lowest BCUT2D eigenvalue weighted by atomic mass is 10.1. The van der Waals surface area contributed by atoms with Crippen LogP contribution in [0.2, 0.25) is 0 Å². The molecule has 0 heterocycles. The number of benzene rings is 3. The summed E-state index contributed by atoms with van der Waals surface area (Å²) in [4.78, 5) is 25.0. The number of halogens is 2. The van der Waals surface area contributed by atoms with Crippen molar-refractivity contribution in [3.05, 3.63) is 91.1 Å². The summed E-state index contributed by atoms with van der Waals surface area (Å²) in [5, 5.41) is 5.74. The molecule has 0 fully saturated rings. The normalized spacial score (nSPS) is 10.2. The molecule has 130 valence electrons. The highest BCUT2D eigenvalue weighted by molar-refractivity contribution is 14.1. The molecule has 0 radical (unpaired) electrons. The smallest absolute Gasteiger partial charge is 0.255 e. The Morgan fingerprint density at radius 3 is 1.46 bits per heavy atom. The highest BCUT2D eigenvalue weighted by Gasteiger charge is 2.12. The highest BCUT2D eigenvalue weighted by atomic mass is 127.